The van der Waals surface area contributed by atoms with E-state index in [4.69, 9.17) is 0 Å². The van der Waals surface area contributed by atoms with E-state index < -0.39 is 6.10 Å². The number of amides is 1. The molecular formula is C11H23NO2S. The summed E-state index contributed by atoms with van der Waals surface area (Å²) in [5.41, 5.74) is -0.182. The van der Waals surface area contributed by atoms with Gasteiger partial charge in [0.1, 0.15) is 0 Å². The van der Waals surface area contributed by atoms with Crippen molar-refractivity contribution in [2.75, 3.05) is 12.8 Å². The number of hydrogen-bond donors (Lipinski definition) is 2. The second kappa shape index (κ2) is 6.38. The Morgan fingerprint density at radius 2 is 2.00 bits per heavy atom. The van der Waals surface area contributed by atoms with Gasteiger partial charge in [-0.1, -0.05) is 27.7 Å². The molecule has 0 fully saturated rings. The zero-order chi connectivity index (χ0) is 12.1. The summed E-state index contributed by atoms with van der Waals surface area (Å²) >= 11 is 1.67. The van der Waals surface area contributed by atoms with Crippen molar-refractivity contribution in [2.45, 2.75) is 45.5 Å². The fourth-order valence-electron chi connectivity index (χ4n) is 0.933. The van der Waals surface area contributed by atoms with Gasteiger partial charge < -0.3 is 10.4 Å². The highest BCUT2D eigenvalue weighted by molar-refractivity contribution is 7.99. The molecular weight excluding hydrogens is 210 g/mol. The van der Waals surface area contributed by atoms with Crippen molar-refractivity contribution in [1.29, 1.82) is 0 Å². The maximum absolute atomic E-state index is 11.4. The van der Waals surface area contributed by atoms with Crippen molar-refractivity contribution < 1.29 is 9.90 Å². The Morgan fingerprint density at radius 3 is 2.40 bits per heavy atom. The monoisotopic (exact) mass is 233 g/mol. The van der Waals surface area contributed by atoms with E-state index in [0.29, 0.717) is 18.2 Å². The number of aliphatic hydroxyl groups excluding tert-OH is 1. The maximum atomic E-state index is 11.4. The van der Waals surface area contributed by atoms with Gasteiger partial charge in [0.2, 0.25) is 5.91 Å². The first-order chi connectivity index (χ1) is 6.77. The third-order valence-corrected chi connectivity index (χ3v) is 3.34. The van der Waals surface area contributed by atoms with Crippen LogP contribution >= 0.6 is 11.8 Å². The zero-order valence-electron chi connectivity index (χ0n) is 10.3. The molecule has 2 unspecified atom stereocenters. The minimum Gasteiger partial charge on any atom is -0.391 e. The molecule has 0 radical (unpaired) electrons. The predicted octanol–water partition coefficient (Wildman–Crippen LogP) is 1.65. The number of carbonyl (C=O) groups excluding carboxylic acids is 1. The number of hydrogen-bond acceptors (Lipinski definition) is 3. The van der Waals surface area contributed by atoms with Crippen LogP contribution in [0.15, 0.2) is 0 Å². The third kappa shape index (κ3) is 6.79. The van der Waals surface area contributed by atoms with Crippen LogP contribution in [0.5, 0.6) is 0 Å². The largest absolute Gasteiger partial charge is 0.391 e. The summed E-state index contributed by atoms with van der Waals surface area (Å²) < 4.78 is 0. The van der Waals surface area contributed by atoms with Crippen LogP contribution < -0.4 is 5.32 Å². The lowest BCUT2D eigenvalue weighted by molar-refractivity contribution is -0.121. The summed E-state index contributed by atoms with van der Waals surface area (Å²) in [6.45, 7) is 8.21. The molecule has 0 saturated heterocycles. The molecule has 2 atom stereocenters. The summed E-state index contributed by atoms with van der Waals surface area (Å²) in [5.74, 6) is 0.0140. The van der Waals surface area contributed by atoms with Crippen LogP contribution in [-0.4, -0.2) is 35.2 Å². The van der Waals surface area contributed by atoms with Gasteiger partial charge in [-0.15, -0.1) is 0 Å². The first kappa shape index (κ1) is 14.8. The fraction of sp³-hybridized carbons (Fsp3) is 0.909. The number of thioether (sulfide) groups is 1. The summed E-state index contributed by atoms with van der Waals surface area (Å²) in [6, 6.07) is 0. The summed E-state index contributed by atoms with van der Waals surface area (Å²) in [7, 11) is 0. The van der Waals surface area contributed by atoms with Crippen LogP contribution in [0.3, 0.4) is 0 Å². The van der Waals surface area contributed by atoms with Crippen molar-refractivity contribution in [3.8, 4) is 0 Å². The molecule has 0 saturated carbocycles. The Kier molecular flexibility index (Phi) is 6.29. The minimum absolute atomic E-state index is 0.0140. The quantitative estimate of drug-likeness (QED) is 0.759. The molecule has 0 spiro atoms. The number of rotatable bonds is 5. The standard InChI is InChI=1S/C11H23NO2S/c1-8(15-5)6-10(14)12-7-9(13)11(2,3)4/h8-9,13H,6-7H2,1-5H3,(H,12,14). The molecule has 90 valence electrons. The highest BCUT2D eigenvalue weighted by Crippen LogP contribution is 2.18. The first-order valence-electron chi connectivity index (χ1n) is 5.25. The Hall–Kier alpha value is -0.220. The van der Waals surface area contributed by atoms with Gasteiger partial charge >= 0.3 is 0 Å². The topological polar surface area (TPSA) is 49.3 Å². The van der Waals surface area contributed by atoms with E-state index in [-0.39, 0.29) is 11.3 Å². The van der Waals surface area contributed by atoms with Gasteiger partial charge in [-0.25, -0.2) is 0 Å². The summed E-state index contributed by atoms with van der Waals surface area (Å²) in [5, 5.41) is 12.8. The highest BCUT2D eigenvalue weighted by atomic mass is 32.2. The normalized spacial score (nSPS) is 15.9. The second-order valence-electron chi connectivity index (χ2n) is 4.94. The van der Waals surface area contributed by atoms with Gasteiger partial charge in [0.05, 0.1) is 6.10 Å². The van der Waals surface area contributed by atoms with Crippen LogP contribution in [-0.2, 0) is 4.79 Å². The molecule has 0 aromatic rings. The Balaban J connectivity index is 3.81. The molecule has 0 heterocycles. The number of carbonyl (C=O) groups is 1. The Morgan fingerprint density at radius 1 is 1.47 bits per heavy atom. The van der Waals surface area contributed by atoms with Crippen molar-refractivity contribution in [1.82, 2.24) is 5.32 Å². The van der Waals surface area contributed by atoms with E-state index in [1.54, 1.807) is 11.8 Å². The average Bonchev–Trinajstić information content (AvgIpc) is 2.12. The minimum atomic E-state index is -0.494. The molecule has 3 nitrogen and oxygen atoms in total. The molecule has 0 aromatic carbocycles. The van der Waals surface area contributed by atoms with Gasteiger partial charge in [-0.3, -0.25) is 4.79 Å². The maximum Gasteiger partial charge on any atom is 0.221 e. The highest BCUT2D eigenvalue weighted by Gasteiger charge is 2.22. The lowest BCUT2D eigenvalue weighted by Crippen LogP contribution is -2.39. The molecule has 4 heteroatoms. The molecule has 2 N–H and O–H groups in total. The van der Waals surface area contributed by atoms with Crippen molar-refractivity contribution in [3.63, 3.8) is 0 Å². The van der Waals surface area contributed by atoms with Gasteiger partial charge in [-0.2, -0.15) is 11.8 Å². The SMILES string of the molecule is CSC(C)CC(=O)NCC(O)C(C)(C)C. The first-order valence-corrected chi connectivity index (χ1v) is 6.53. The van der Waals surface area contributed by atoms with Gasteiger partial charge in [0, 0.05) is 18.2 Å². The molecule has 0 aliphatic carbocycles. The number of aliphatic hydroxyl groups is 1. The Labute approximate surface area is 97.0 Å². The zero-order valence-corrected chi connectivity index (χ0v) is 11.1. The van der Waals surface area contributed by atoms with Crippen molar-refractivity contribution >= 4 is 17.7 Å². The van der Waals surface area contributed by atoms with Crippen LogP contribution in [0.25, 0.3) is 0 Å². The Bertz CT molecular complexity index is 201. The lowest BCUT2D eigenvalue weighted by Gasteiger charge is -2.26. The molecule has 0 rings (SSSR count). The smallest absolute Gasteiger partial charge is 0.221 e. The fourth-order valence-corrected chi connectivity index (χ4v) is 1.25. The average molecular weight is 233 g/mol. The van der Waals surface area contributed by atoms with E-state index in [1.165, 1.54) is 0 Å². The van der Waals surface area contributed by atoms with E-state index >= 15 is 0 Å². The van der Waals surface area contributed by atoms with E-state index in [0.717, 1.165) is 0 Å². The lowest BCUT2D eigenvalue weighted by atomic mass is 9.89. The van der Waals surface area contributed by atoms with Crippen molar-refractivity contribution in [2.24, 2.45) is 5.41 Å². The number of nitrogens with one attached hydrogen (secondary N) is 1. The molecule has 0 aliphatic rings. The molecule has 15 heavy (non-hydrogen) atoms. The van der Waals surface area contributed by atoms with Gasteiger partial charge in [0.25, 0.3) is 0 Å². The molecule has 0 aromatic heterocycles. The van der Waals surface area contributed by atoms with Crippen LogP contribution in [0, 0.1) is 5.41 Å². The molecule has 0 bridgehead atoms. The third-order valence-electron chi connectivity index (χ3n) is 2.37. The second-order valence-corrected chi connectivity index (χ2v) is 6.21. The summed E-state index contributed by atoms with van der Waals surface area (Å²) in [6.07, 6.45) is 2.01. The van der Waals surface area contributed by atoms with Crippen LogP contribution in [0.4, 0.5) is 0 Å². The van der Waals surface area contributed by atoms with E-state index in [9.17, 15) is 9.90 Å². The predicted molar refractivity (Wildman–Crippen MR) is 66.1 cm³/mol. The van der Waals surface area contributed by atoms with E-state index in [2.05, 4.69) is 5.32 Å². The van der Waals surface area contributed by atoms with Crippen molar-refractivity contribution in [3.05, 3.63) is 0 Å². The van der Waals surface area contributed by atoms with Gasteiger partial charge in [0.15, 0.2) is 0 Å². The molecule has 0 aliphatic heterocycles. The van der Waals surface area contributed by atoms with Crippen LogP contribution in [0.1, 0.15) is 34.1 Å². The molecule has 1 amide bonds. The van der Waals surface area contributed by atoms with Crippen LogP contribution in [0.2, 0.25) is 0 Å². The van der Waals surface area contributed by atoms with Gasteiger partial charge in [-0.05, 0) is 11.7 Å². The van der Waals surface area contributed by atoms with E-state index in [1.807, 2.05) is 34.0 Å². The summed E-state index contributed by atoms with van der Waals surface area (Å²) in [4.78, 5) is 11.4.